The lowest BCUT2D eigenvalue weighted by Gasteiger charge is -2.22. The van der Waals surface area contributed by atoms with Gasteiger partial charge in [-0.15, -0.1) is 0 Å². The summed E-state index contributed by atoms with van der Waals surface area (Å²) in [5.74, 6) is -0.837. The molecule has 0 aliphatic heterocycles. The highest BCUT2D eigenvalue weighted by atomic mass is 16.4. The Morgan fingerprint density at radius 2 is 1.92 bits per heavy atom. The number of rotatable bonds is 7. The Kier molecular flexibility index (Phi) is 5.71. The van der Waals surface area contributed by atoms with Crippen LogP contribution < -0.4 is 0 Å². The number of carboxylic acid groups (broad SMARTS) is 1. The molecule has 0 aromatic heterocycles. The van der Waals surface area contributed by atoms with E-state index in [1.54, 1.807) is 6.92 Å². The summed E-state index contributed by atoms with van der Waals surface area (Å²) in [5, 5.41) is 18.2. The molecule has 0 aliphatic carbocycles. The standard InChI is InChI=1S/C10H20O3/c1-3-4-5-7-10(2,13)8-6-9(11)12/h13H,3-8H2,1-2H3,(H,11,12). The second-order valence-corrected chi connectivity index (χ2v) is 3.85. The predicted octanol–water partition coefficient (Wildman–Crippen LogP) is 2.18. The van der Waals surface area contributed by atoms with Crippen molar-refractivity contribution in [3.8, 4) is 0 Å². The average Bonchev–Trinajstić information content (AvgIpc) is 2.02. The maximum Gasteiger partial charge on any atom is 0.303 e. The Hall–Kier alpha value is -0.570. The molecule has 0 aromatic carbocycles. The lowest BCUT2D eigenvalue weighted by Crippen LogP contribution is -2.24. The maximum absolute atomic E-state index is 10.3. The van der Waals surface area contributed by atoms with Crippen molar-refractivity contribution in [3.05, 3.63) is 0 Å². The van der Waals surface area contributed by atoms with E-state index in [-0.39, 0.29) is 6.42 Å². The summed E-state index contributed by atoms with van der Waals surface area (Å²) in [6, 6.07) is 0. The van der Waals surface area contributed by atoms with E-state index in [9.17, 15) is 9.90 Å². The topological polar surface area (TPSA) is 57.5 Å². The molecule has 1 unspecified atom stereocenters. The smallest absolute Gasteiger partial charge is 0.303 e. The van der Waals surface area contributed by atoms with Crippen LogP contribution >= 0.6 is 0 Å². The van der Waals surface area contributed by atoms with Crippen molar-refractivity contribution in [2.24, 2.45) is 0 Å². The molecule has 0 rings (SSSR count). The molecule has 0 aliphatic rings. The van der Waals surface area contributed by atoms with Gasteiger partial charge in [0, 0.05) is 6.42 Å². The van der Waals surface area contributed by atoms with Crippen LogP contribution in [0.4, 0.5) is 0 Å². The van der Waals surface area contributed by atoms with Crippen molar-refractivity contribution >= 4 is 5.97 Å². The minimum absolute atomic E-state index is 0.0547. The number of carboxylic acids is 1. The van der Waals surface area contributed by atoms with E-state index in [1.807, 2.05) is 0 Å². The fraction of sp³-hybridized carbons (Fsp3) is 0.900. The molecule has 0 fully saturated rings. The SMILES string of the molecule is CCCCCC(C)(O)CCC(=O)O. The molecule has 0 radical (unpaired) electrons. The predicted molar refractivity (Wildman–Crippen MR) is 51.6 cm³/mol. The molecule has 0 bridgehead atoms. The van der Waals surface area contributed by atoms with Crippen LogP contribution in [0.2, 0.25) is 0 Å². The Morgan fingerprint density at radius 1 is 1.31 bits per heavy atom. The van der Waals surface area contributed by atoms with Crippen LogP contribution in [-0.2, 0) is 4.79 Å². The van der Waals surface area contributed by atoms with Crippen molar-refractivity contribution in [2.75, 3.05) is 0 Å². The van der Waals surface area contributed by atoms with E-state index >= 15 is 0 Å². The van der Waals surface area contributed by atoms with E-state index in [4.69, 9.17) is 5.11 Å². The van der Waals surface area contributed by atoms with Gasteiger partial charge in [-0.3, -0.25) is 4.79 Å². The first-order valence-corrected chi connectivity index (χ1v) is 4.92. The summed E-state index contributed by atoms with van der Waals surface area (Å²) in [4.78, 5) is 10.3. The third kappa shape index (κ3) is 7.78. The number of unbranched alkanes of at least 4 members (excludes halogenated alkanes) is 2. The summed E-state index contributed by atoms with van der Waals surface area (Å²) < 4.78 is 0. The molecule has 0 aromatic rings. The fourth-order valence-electron chi connectivity index (χ4n) is 1.26. The van der Waals surface area contributed by atoms with Gasteiger partial charge in [0.2, 0.25) is 0 Å². The van der Waals surface area contributed by atoms with E-state index in [1.165, 1.54) is 0 Å². The van der Waals surface area contributed by atoms with Crippen LogP contribution in [0.5, 0.6) is 0 Å². The number of aliphatic carboxylic acids is 1. The molecule has 2 N–H and O–H groups in total. The molecular formula is C10H20O3. The number of aliphatic hydroxyl groups is 1. The Morgan fingerprint density at radius 3 is 2.38 bits per heavy atom. The third-order valence-corrected chi connectivity index (χ3v) is 2.20. The van der Waals surface area contributed by atoms with E-state index in [0.717, 1.165) is 19.3 Å². The van der Waals surface area contributed by atoms with Gasteiger partial charge in [-0.05, 0) is 19.8 Å². The zero-order chi connectivity index (χ0) is 10.3. The molecule has 0 saturated carbocycles. The van der Waals surface area contributed by atoms with Crippen molar-refractivity contribution in [1.82, 2.24) is 0 Å². The second-order valence-electron chi connectivity index (χ2n) is 3.85. The Bertz CT molecular complexity index is 152. The van der Waals surface area contributed by atoms with Crippen LogP contribution in [0.25, 0.3) is 0 Å². The fourth-order valence-corrected chi connectivity index (χ4v) is 1.26. The highest BCUT2D eigenvalue weighted by molar-refractivity contribution is 5.66. The molecule has 3 nitrogen and oxygen atoms in total. The van der Waals surface area contributed by atoms with Crippen molar-refractivity contribution in [3.63, 3.8) is 0 Å². The van der Waals surface area contributed by atoms with Gasteiger partial charge in [0.25, 0.3) is 0 Å². The minimum atomic E-state index is -0.837. The Balaban J connectivity index is 3.59. The van der Waals surface area contributed by atoms with Crippen molar-refractivity contribution < 1.29 is 15.0 Å². The van der Waals surface area contributed by atoms with Gasteiger partial charge in [-0.25, -0.2) is 0 Å². The van der Waals surface area contributed by atoms with Crippen molar-refractivity contribution in [1.29, 1.82) is 0 Å². The number of hydrogen-bond acceptors (Lipinski definition) is 2. The number of hydrogen-bond donors (Lipinski definition) is 2. The van der Waals surface area contributed by atoms with Gasteiger partial charge in [0.05, 0.1) is 5.60 Å². The van der Waals surface area contributed by atoms with Gasteiger partial charge in [-0.2, -0.15) is 0 Å². The largest absolute Gasteiger partial charge is 0.481 e. The van der Waals surface area contributed by atoms with Gasteiger partial charge in [0.15, 0.2) is 0 Å². The quantitative estimate of drug-likeness (QED) is 0.602. The third-order valence-electron chi connectivity index (χ3n) is 2.20. The van der Waals surface area contributed by atoms with Crippen molar-refractivity contribution in [2.45, 2.75) is 58.0 Å². The highest BCUT2D eigenvalue weighted by Gasteiger charge is 2.20. The first-order valence-electron chi connectivity index (χ1n) is 4.92. The maximum atomic E-state index is 10.3. The van der Waals surface area contributed by atoms with Crippen LogP contribution in [0.15, 0.2) is 0 Å². The molecule has 0 spiro atoms. The normalized spacial score (nSPS) is 15.3. The van der Waals surface area contributed by atoms with Crippen LogP contribution in [-0.4, -0.2) is 21.8 Å². The molecule has 13 heavy (non-hydrogen) atoms. The first kappa shape index (κ1) is 12.4. The molecule has 0 amide bonds. The first-order chi connectivity index (χ1) is 5.98. The lowest BCUT2D eigenvalue weighted by atomic mass is 9.93. The van der Waals surface area contributed by atoms with E-state index in [0.29, 0.717) is 12.8 Å². The van der Waals surface area contributed by atoms with Gasteiger partial charge < -0.3 is 10.2 Å². The number of carbonyl (C=O) groups is 1. The zero-order valence-electron chi connectivity index (χ0n) is 8.55. The highest BCUT2D eigenvalue weighted by Crippen LogP contribution is 2.19. The summed E-state index contributed by atoms with van der Waals surface area (Å²) in [5.41, 5.74) is -0.798. The van der Waals surface area contributed by atoms with Crippen LogP contribution in [0.3, 0.4) is 0 Å². The molecule has 0 saturated heterocycles. The van der Waals surface area contributed by atoms with Crippen LogP contribution in [0.1, 0.15) is 52.4 Å². The van der Waals surface area contributed by atoms with Gasteiger partial charge in [0.1, 0.15) is 0 Å². The van der Waals surface area contributed by atoms with Crippen LogP contribution in [0, 0.1) is 0 Å². The van der Waals surface area contributed by atoms with E-state index < -0.39 is 11.6 Å². The molecular weight excluding hydrogens is 168 g/mol. The Labute approximate surface area is 79.8 Å². The zero-order valence-corrected chi connectivity index (χ0v) is 8.55. The molecule has 78 valence electrons. The molecule has 1 atom stereocenters. The van der Waals surface area contributed by atoms with Gasteiger partial charge in [-0.1, -0.05) is 26.2 Å². The minimum Gasteiger partial charge on any atom is -0.481 e. The molecule has 0 heterocycles. The van der Waals surface area contributed by atoms with E-state index in [2.05, 4.69) is 6.92 Å². The molecule has 3 heteroatoms. The summed E-state index contributed by atoms with van der Waals surface area (Å²) >= 11 is 0. The lowest BCUT2D eigenvalue weighted by molar-refractivity contribution is -0.138. The second kappa shape index (κ2) is 5.97. The summed E-state index contributed by atoms with van der Waals surface area (Å²) in [6.07, 6.45) is 4.31. The summed E-state index contributed by atoms with van der Waals surface area (Å²) in [7, 11) is 0. The monoisotopic (exact) mass is 188 g/mol. The van der Waals surface area contributed by atoms with Gasteiger partial charge >= 0.3 is 5.97 Å². The summed E-state index contributed by atoms with van der Waals surface area (Å²) in [6.45, 7) is 3.82. The average molecular weight is 188 g/mol.